The average molecular weight is 463 g/mol. The molecule has 7 heteroatoms. The van der Waals surface area contributed by atoms with Crippen LogP contribution in [0.2, 0.25) is 0 Å². The van der Waals surface area contributed by atoms with Crippen LogP contribution in [0, 0.1) is 20.8 Å². The number of hydrogen-bond donors (Lipinski definition) is 2. The first-order valence-electron chi connectivity index (χ1n) is 11.0. The number of benzene rings is 2. The van der Waals surface area contributed by atoms with Crippen LogP contribution in [-0.4, -0.2) is 28.0 Å². The molecule has 33 heavy (non-hydrogen) atoms. The lowest BCUT2D eigenvalue weighted by Crippen LogP contribution is -2.29. The van der Waals surface area contributed by atoms with Crippen molar-refractivity contribution in [3.05, 3.63) is 83.1 Å². The number of aryl methyl sites for hydroxylation is 3. The topological polar surface area (TPSA) is 79.9 Å². The van der Waals surface area contributed by atoms with Crippen molar-refractivity contribution in [1.29, 1.82) is 0 Å². The van der Waals surface area contributed by atoms with E-state index in [1.807, 2.05) is 26.0 Å². The average Bonchev–Trinajstić information content (AvgIpc) is 3.18. The highest BCUT2D eigenvalue weighted by molar-refractivity contribution is 7.69. The summed E-state index contributed by atoms with van der Waals surface area (Å²) in [5, 5.41) is 5.96. The van der Waals surface area contributed by atoms with Crippen molar-refractivity contribution in [3.63, 3.8) is 0 Å². The minimum atomic E-state index is -1.19. The van der Waals surface area contributed by atoms with E-state index in [1.165, 1.54) is 11.1 Å². The van der Waals surface area contributed by atoms with E-state index in [1.54, 1.807) is 25.7 Å². The van der Waals surface area contributed by atoms with Crippen LogP contribution >= 0.6 is 8.15 Å². The Labute approximate surface area is 196 Å². The monoisotopic (exact) mass is 462 g/mol. The number of H-pyrrole nitrogens is 1. The highest BCUT2D eigenvalue weighted by atomic mass is 31.1. The quantitative estimate of drug-likeness (QED) is 0.402. The molecule has 2 aromatic carbocycles. The number of aromatic nitrogens is 3. The normalized spacial score (nSPS) is 11.6. The standard InChI is InChI=1S/C24H25N4O2P.C2H6/c1-15-5-6-21-20(12-15)23(31(30-4)19-10-16(2)9-17(3)11-19)22(28-21)24(29)27-14-18-13-25-7-8-26-18;1-2/h5-13,28H,14H2,1-4H3,(H,27,29);1-2H3. The number of hydrogen-bond acceptors (Lipinski definition) is 4. The first-order chi connectivity index (χ1) is 16.0. The van der Waals surface area contributed by atoms with Gasteiger partial charge in [0.05, 0.1) is 26.6 Å². The molecule has 0 radical (unpaired) electrons. The molecule has 2 heterocycles. The summed E-state index contributed by atoms with van der Waals surface area (Å²) >= 11 is 0. The maximum atomic E-state index is 13.2. The molecule has 0 aliphatic heterocycles. The van der Waals surface area contributed by atoms with E-state index in [-0.39, 0.29) is 5.91 Å². The maximum absolute atomic E-state index is 13.2. The minimum Gasteiger partial charge on any atom is -0.353 e. The van der Waals surface area contributed by atoms with Gasteiger partial charge in [-0.15, -0.1) is 0 Å². The van der Waals surface area contributed by atoms with Crippen LogP contribution in [0.25, 0.3) is 10.9 Å². The van der Waals surface area contributed by atoms with Crippen LogP contribution < -0.4 is 15.9 Å². The van der Waals surface area contributed by atoms with Gasteiger partial charge < -0.3 is 14.8 Å². The van der Waals surface area contributed by atoms with Crippen LogP contribution in [0.3, 0.4) is 0 Å². The smallest absolute Gasteiger partial charge is 0.268 e. The van der Waals surface area contributed by atoms with Crippen LogP contribution in [0.4, 0.5) is 0 Å². The van der Waals surface area contributed by atoms with Crippen molar-refractivity contribution in [2.24, 2.45) is 0 Å². The molecule has 1 unspecified atom stereocenters. The molecule has 0 aliphatic rings. The van der Waals surface area contributed by atoms with Gasteiger partial charge in [-0.3, -0.25) is 14.8 Å². The molecule has 0 saturated carbocycles. The molecule has 4 rings (SSSR count). The van der Waals surface area contributed by atoms with Gasteiger partial charge in [0.25, 0.3) is 5.91 Å². The van der Waals surface area contributed by atoms with E-state index in [2.05, 4.69) is 65.3 Å². The van der Waals surface area contributed by atoms with Gasteiger partial charge in [-0.1, -0.05) is 42.7 Å². The lowest BCUT2D eigenvalue weighted by molar-refractivity contribution is 0.0947. The van der Waals surface area contributed by atoms with Crippen molar-refractivity contribution in [1.82, 2.24) is 20.3 Å². The van der Waals surface area contributed by atoms with Gasteiger partial charge in [0.15, 0.2) is 0 Å². The Balaban J connectivity index is 0.00000149. The van der Waals surface area contributed by atoms with E-state index in [0.29, 0.717) is 17.9 Å². The molecule has 0 aliphatic carbocycles. The number of rotatable bonds is 6. The number of aromatic amines is 1. The molecular formula is C26H31N4O2P. The van der Waals surface area contributed by atoms with E-state index in [4.69, 9.17) is 4.52 Å². The molecule has 0 fully saturated rings. The van der Waals surface area contributed by atoms with Crippen molar-refractivity contribution < 1.29 is 9.32 Å². The maximum Gasteiger partial charge on any atom is 0.268 e. The van der Waals surface area contributed by atoms with Crippen molar-refractivity contribution in [3.8, 4) is 0 Å². The number of amides is 1. The van der Waals surface area contributed by atoms with E-state index in [0.717, 1.165) is 27.1 Å². The van der Waals surface area contributed by atoms with E-state index in [9.17, 15) is 4.79 Å². The fourth-order valence-electron chi connectivity index (χ4n) is 3.74. The van der Waals surface area contributed by atoms with E-state index >= 15 is 0 Å². The molecule has 2 aromatic heterocycles. The SMILES string of the molecule is CC.COP(c1cc(C)cc(C)c1)c1c(C(=O)NCc2cnccn2)[nH]c2ccc(C)cc12. The summed E-state index contributed by atoms with van der Waals surface area (Å²) in [6.45, 7) is 10.5. The second-order valence-electron chi connectivity index (χ2n) is 7.60. The third-order valence-corrected chi connectivity index (χ3v) is 6.99. The highest BCUT2D eigenvalue weighted by Crippen LogP contribution is 2.39. The molecule has 1 atom stereocenters. The van der Waals surface area contributed by atoms with Crippen molar-refractivity contribution >= 4 is 35.6 Å². The van der Waals surface area contributed by atoms with Crippen molar-refractivity contribution in [2.45, 2.75) is 41.2 Å². The summed E-state index contributed by atoms with van der Waals surface area (Å²) in [7, 11) is 0.513. The first kappa shape index (κ1) is 24.6. The number of carbonyl (C=O) groups is 1. The van der Waals surface area contributed by atoms with Gasteiger partial charge >= 0.3 is 0 Å². The molecule has 0 saturated heterocycles. The highest BCUT2D eigenvalue weighted by Gasteiger charge is 2.27. The fourth-order valence-corrected chi connectivity index (χ4v) is 5.80. The summed E-state index contributed by atoms with van der Waals surface area (Å²) in [5.74, 6) is -0.191. The summed E-state index contributed by atoms with van der Waals surface area (Å²) in [6, 6.07) is 12.6. The zero-order valence-electron chi connectivity index (χ0n) is 20.1. The molecule has 0 bridgehead atoms. The molecule has 0 spiro atoms. The Bertz CT molecular complexity index is 1220. The predicted molar refractivity (Wildman–Crippen MR) is 137 cm³/mol. The van der Waals surface area contributed by atoms with Gasteiger partial charge in [-0.2, -0.15) is 0 Å². The molecule has 2 N–H and O–H groups in total. The Morgan fingerprint density at radius 2 is 1.76 bits per heavy atom. The van der Waals surface area contributed by atoms with Crippen LogP contribution in [-0.2, 0) is 11.1 Å². The van der Waals surface area contributed by atoms with Gasteiger partial charge in [-0.05, 0) is 45.0 Å². The largest absolute Gasteiger partial charge is 0.353 e. The number of nitrogens with zero attached hydrogens (tertiary/aromatic N) is 2. The van der Waals surface area contributed by atoms with E-state index < -0.39 is 8.15 Å². The number of nitrogens with one attached hydrogen (secondary N) is 2. The number of fused-ring (bicyclic) bond motifs is 1. The zero-order valence-corrected chi connectivity index (χ0v) is 21.0. The second kappa shape index (κ2) is 11.2. The lowest BCUT2D eigenvalue weighted by Gasteiger charge is -2.18. The first-order valence-corrected chi connectivity index (χ1v) is 12.3. The molecule has 1 amide bonds. The Morgan fingerprint density at radius 3 is 2.39 bits per heavy atom. The Morgan fingerprint density at radius 1 is 1.03 bits per heavy atom. The van der Waals surface area contributed by atoms with Crippen LogP contribution in [0.15, 0.2) is 55.0 Å². The van der Waals surface area contributed by atoms with Gasteiger partial charge in [0, 0.05) is 41.0 Å². The van der Waals surface area contributed by atoms with Gasteiger partial charge in [0.1, 0.15) is 5.69 Å². The van der Waals surface area contributed by atoms with Crippen LogP contribution in [0.5, 0.6) is 0 Å². The number of carbonyl (C=O) groups excluding carboxylic acids is 1. The van der Waals surface area contributed by atoms with Crippen LogP contribution in [0.1, 0.15) is 46.7 Å². The summed E-state index contributed by atoms with van der Waals surface area (Å²) in [4.78, 5) is 24.9. The fraction of sp³-hybridized carbons (Fsp3) is 0.269. The zero-order chi connectivity index (χ0) is 24.0. The second-order valence-corrected chi connectivity index (χ2v) is 9.52. The summed E-state index contributed by atoms with van der Waals surface area (Å²) in [5.41, 5.74) is 5.61. The Kier molecular flexibility index (Phi) is 8.32. The minimum absolute atomic E-state index is 0.191. The predicted octanol–water partition coefficient (Wildman–Crippen LogP) is 4.83. The third kappa shape index (κ3) is 5.65. The van der Waals surface area contributed by atoms with Gasteiger partial charge in [-0.25, -0.2) is 0 Å². The molecular weight excluding hydrogens is 431 g/mol. The van der Waals surface area contributed by atoms with Crippen molar-refractivity contribution in [2.75, 3.05) is 7.11 Å². The summed E-state index contributed by atoms with van der Waals surface area (Å²) in [6.07, 6.45) is 4.87. The third-order valence-electron chi connectivity index (χ3n) is 5.03. The molecule has 4 aromatic rings. The summed E-state index contributed by atoms with van der Waals surface area (Å²) < 4.78 is 6.03. The molecule has 6 nitrogen and oxygen atoms in total. The molecule has 172 valence electrons. The lowest BCUT2D eigenvalue weighted by atomic mass is 10.2. The Hall–Kier alpha value is -3.08. The van der Waals surface area contributed by atoms with Gasteiger partial charge in [0.2, 0.25) is 0 Å².